The minimum Gasteiger partial charge on any atom is -0.493 e. The van der Waals surface area contributed by atoms with Crippen molar-refractivity contribution in [3.8, 4) is 11.5 Å². The highest BCUT2D eigenvalue weighted by molar-refractivity contribution is 5.42. The van der Waals surface area contributed by atoms with Crippen LogP contribution in [-0.2, 0) is 0 Å². The second kappa shape index (κ2) is 7.17. The zero-order valence-electron chi connectivity index (χ0n) is 11.2. The van der Waals surface area contributed by atoms with Gasteiger partial charge in [-0.2, -0.15) is 0 Å². The fourth-order valence-corrected chi connectivity index (χ4v) is 1.61. The van der Waals surface area contributed by atoms with E-state index < -0.39 is 0 Å². The van der Waals surface area contributed by atoms with Crippen molar-refractivity contribution in [1.29, 1.82) is 0 Å². The second-order valence-electron chi connectivity index (χ2n) is 4.33. The Morgan fingerprint density at radius 1 is 1.29 bits per heavy atom. The number of benzene rings is 1. The highest BCUT2D eigenvalue weighted by Gasteiger charge is 2.04. The fraction of sp³-hybridized carbons (Fsp3) is 0.571. The zero-order valence-corrected chi connectivity index (χ0v) is 11.2. The summed E-state index contributed by atoms with van der Waals surface area (Å²) < 4.78 is 11.0. The SMILES string of the molecule is CNC(C)CCCOc1ccc(C)cc1OC. The number of aryl methyl sites for hydroxylation is 1. The van der Waals surface area contributed by atoms with Gasteiger partial charge in [-0.05, 0) is 51.4 Å². The molecule has 0 radical (unpaired) electrons. The Kier molecular flexibility index (Phi) is 5.84. The summed E-state index contributed by atoms with van der Waals surface area (Å²) in [6.45, 7) is 4.94. The van der Waals surface area contributed by atoms with E-state index in [1.54, 1.807) is 7.11 Å². The molecule has 3 nitrogen and oxygen atoms in total. The van der Waals surface area contributed by atoms with Gasteiger partial charge >= 0.3 is 0 Å². The summed E-state index contributed by atoms with van der Waals surface area (Å²) >= 11 is 0. The molecule has 1 aromatic rings. The molecule has 0 bridgehead atoms. The first-order valence-corrected chi connectivity index (χ1v) is 6.12. The predicted octanol–water partition coefficient (Wildman–Crippen LogP) is 2.77. The first-order valence-electron chi connectivity index (χ1n) is 6.12. The van der Waals surface area contributed by atoms with Gasteiger partial charge in [-0.15, -0.1) is 0 Å². The van der Waals surface area contributed by atoms with E-state index in [1.165, 1.54) is 5.56 Å². The molecule has 1 atom stereocenters. The summed E-state index contributed by atoms with van der Waals surface area (Å²) in [7, 11) is 3.65. The van der Waals surface area contributed by atoms with E-state index in [4.69, 9.17) is 9.47 Å². The second-order valence-corrected chi connectivity index (χ2v) is 4.33. The van der Waals surface area contributed by atoms with Gasteiger partial charge in [0.25, 0.3) is 0 Å². The van der Waals surface area contributed by atoms with Crippen LogP contribution in [0.25, 0.3) is 0 Å². The third-order valence-corrected chi connectivity index (χ3v) is 2.85. The Bertz CT molecular complexity index is 339. The number of hydrogen-bond acceptors (Lipinski definition) is 3. The maximum Gasteiger partial charge on any atom is 0.161 e. The van der Waals surface area contributed by atoms with Crippen LogP contribution in [0, 0.1) is 6.92 Å². The van der Waals surface area contributed by atoms with E-state index in [9.17, 15) is 0 Å². The predicted molar refractivity (Wildman–Crippen MR) is 71.0 cm³/mol. The normalized spacial score (nSPS) is 12.2. The van der Waals surface area contributed by atoms with Crippen LogP contribution in [0.4, 0.5) is 0 Å². The van der Waals surface area contributed by atoms with Crippen LogP contribution >= 0.6 is 0 Å². The van der Waals surface area contributed by atoms with Gasteiger partial charge < -0.3 is 14.8 Å². The molecule has 17 heavy (non-hydrogen) atoms. The number of hydrogen-bond donors (Lipinski definition) is 1. The minimum atomic E-state index is 0.540. The number of nitrogens with one attached hydrogen (secondary N) is 1. The van der Waals surface area contributed by atoms with Crippen molar-refractivity contribution in [3.05, 3.63) is 23.8 Å². The lowest BCUT2D eigenvalue weighted by molar-refractivity contribution is 0.281. The number of methoxy groups -OCH3 is 1. The molecule has 96 valence electrons. The maximum atomic E-state index is 5.73. The molecule has 3 heteroatoms. The van der Waals surface area contributed by atoms with Gasteiger partial charge in [-0.25, -0.2) is 0 Å². The summed E-state index contributed by atoms with van der Waals surface area (Å²) in [5, 5.41) is 3.21. The molecule has 0 spiro atoms. The van der Waals surface area contributed by atoms with Gasteiger partial charge in [-0.3, -0.25) is 0 Å². The highest BCUT2D eigenvalue weighted by atomic mass is 16.5. The standard InChI is InChI=1S/C14H23NO2/c1-11-7-8-13(14(10-11)16-4)17-9-5-6-12(2)15-3/h7-8,10,12,15H,5-6,9H2,1-4H3. The number of ether oxygens (including phenoxy) is 2. The highest BCUT2D eigenvalue weighted by Crippen LogP contribution is 2.27. The maximum absolute atomic E-state index is 5.73. The van der Waals surface area contributed by atoms with Crippen molar-refractivity contribution in [3.63, 3.8) is 0 Å². The first kappa shape index (κ1) is 13.8. The largest absolute Gasteiger partial charge is 0.493 e. The van der Waals surface area contributed by atoms with Crippen LogP contribution in [-0.4, -0.2) is 26.8 Å². The molecule has 0 fully saturated rings. The van der Waals surface area contributed by atoms with Crippen molar-refractivity contribution in [2.24, 2.45) is 0 Å². The number of rotatable bonds is 7. The molecule has 0 aliphatic rings. The average Bonchev–Trinajstić information content (AvgIpc) is 2.35. The van der Waals surface area contributed by atoms with Crippen molar-refractivity contribution in [2.45, 2.75) is 32.7 Å². The lowest BCUT2D eigenvalue weighted by Crippen LogP contribution is -2.21. The molecule has 0 amide bonds. The molecule has 0 aliphatic carbocycles. The average molecular weight is 237 g/mol. The van der Waals surface area contributed by atoms with Gasteiger partial charge in [0.1, 0.15) is 0 Å². The Morgan fingerprint density at radius 2 is 2.06 bits per heavy atom. The van der Waals surface area contributed by atoms with E-state index in [1.807, 2.05) is 32.2 Å². The summed E-state index contributed by atoms with van der Waals surface area (Å²) in [6, 6.07) is 6.54. The monoisotopic (exact) mass is 237 g/mol. The molecule has 0 heterocycles. The topological polar surface area (TPSA) is 30.5 Å². The van der Waals surface area contributed by atoms with E-state index in [0.717, 1.165) is 30.9 Å². The van der Waals surface area contributed by atoms with Crippen LogP contribution in [0.2, 0.25) is 0 Å². The van der Waals surface area contributed by atoms with Crippen molar-refractivity contribution in [2.75, 3.05) is 20.8 Å². The van der Waals surface area contributed by atoms with E-state index in [-0.39, 0.29) is 0 Å². The molecular weight excluding hydrogens is 214 g/mol. The van der Waals surface area contributed by atoms with E-state index in [2.05, 4.69) is 12.2 Å². The molecular formula is C14H23NO2. The fourth-order valence-electron chi connectivity index (χ4n) is 1.61. The van der Waals surface area contributed by atoms with E-state index >= 15 is 0 Å². The molecule has 1 rings (SSSR count). The Hall–Kier alpha value is -1.22. The van der Waals surface area contributed by atoms with Crippen molar-refractivity contribution >= 4 is 0 Å². The third-order valence-electron chi connectivity index (χ3n) is 2.85. The third kappa shape index (κ3) is 4.65. The summed E-state index contributed by atoms with van der Waals surface area (Å²) in [4.78, 5) is 0. The van der Waals surface area contributed by atoms with Crippen LogP contribution < -0.4 is 14.8 Å². The van der Waals surface area contributed by atoms with Gasteiger partial charge in [-0.1, -0.05) is 6.07 Å². The zero-order chi connectivity index (χ0) is 12.7. The molecule has 1 unspecified atom stereocenters. The summed E-state index contributed by atoms with van der Waals surface area (Å²) in [6.07, 6.45) is 2.16. The van der Waals surface area contributed by atoms with Crippen molar-refractivity contribution < 1.29 is 9.47 Å². The van der Waals surface area contributed by atoms with Crippen LogP contribution in [0.5, 0.6) is 11.5 Å². The van der Waals surface area contributed by atoms with E-state index in [0.29, 0.717) is 6.04 Å². The summed E-state index contributed by atoms with van der Waals surface area (Å²) in [5.41, 5.74) is 1.18. The van der Waals surface area contributed by atoms with Gasteiger partial charge in [0, 0.05) is 6.04 Å². The molecule has 0 saturated carbocycles. The van der Waals surface area contributed by atoms with Gasteiger partial charge in [0.15, 0.2) is 11.5 Å². The molecule has 0 aromatic heterocycles. The smallest absolute Gasteiger partial charge is 0.161 e. The van der Waals surface area contributed by atoms with Gasteiger partial charge in [0.2, 0.25) is 0 Å². The molecule has 1 aromatic carbocycles. The van der Waals surface area contributed by atoms with Crippen LogP contribution in [0.3, 0.4) is 0 Å². The lowest BCUT2D eigenvalue weighted by Gasteiger charge is -2.13. The minimum absolute atomic E-state index is 0.540. The Balaban J connectivity index is 2.41. The summed E-state index contributed by atoms with van der Waals surface area (Å²) in [5.74, 6) is 1.64. The quantitative estimate of drug-likeness (QED) is 0.740. The molecule has 0 saturated heterocycles. The molecule has 0 aliphatic heterocycles. The van der Waals surface area contributed by atoms with Crippen LogP contribution in [0.15, 0.2) is 18.2 Å². The van der Waals surface area contributed by atoms with Gasteiger partial charge in [0.05, 0.1) is 13.7 Å². The first-order chi connectivity index (χ1) is 8.17. The van der Waals surface area contributed by atoms with Crippen LogP contribution in [0.1, 0.15) is 25.3 Å². The lowest BCUT2D eigenvalue weighted by atomic mass is 10.2. The van der Waals surface area contributed by atoms with Crippen molar-refractivity contribution in [1.82, 2.24) is 5.32 Å². The molecule has 1 N–H and O–H groups in total. The Morgan fingerprint density at radius 3 is 2.71 bits per heavy atom. The Labute approximate surface area is 104 Å².